The summed E-state index contributed by atoms with van der Waals surface area (Å²) in [5.74, 6) is 0.00784. The van der Waals surface area contributed by atoms with Crippen LogP contribution in [0.5, 0.6) is 0 Å². The van der Waals surface area contributed by atoms with Crippen LogP contribution < -0.4 is 21.7 Å². The quantitative estimate of drug-likeness (QED) is 0.253. The van der Waals surface area contributed by atoms with Crippen LogP contribution in [0.15, 0.2) is 61.1 Å². The molecule has 11 nitrogen and oxygen atoms in total. The predicted octanol–water partition coefficient (Wildman–Crippen LogP) is 4.95. The number of benzene rings is 2. The van der Waals surface area contributed by atoms with Gasteiger partial charge in [0.1, 0.15) is 17.8 Å². The van der Waals surface area contributed by atoms with Crippen LogP contribution in [-0.4, -0.2) is 75.5 Å². The van der Waals surface area contributed by atoms with Gasteiger partial charge in [-0.2, -0.15) is 0 Å². The van der Waals surface area contributed by atoms with Gasteiger partial charge in [0.25, 0.3) is 5.91 Å². The van der Waals surface area contributed by atoms with Crippen molar-refractivity contribution in [3.05, 3.63) is 72.2 Å². The Morgan fingerprint density at radius 3 is 2.19 bits per heavy atom. The van der Waals surface area contributed by atoms with Crippen molar-refractivity contribution in [2.45, 2.75) is 44.7 Å². The van der Waals surface area contributed by atoms with Crippen molar-refractivity contribution in [1.29, 1.82) is 0 Å². The van der Waals surface area contributed by atoms with Gasteiger partial charge >= 0.3 is 6.03 Å². The van der Waals surface area contributed by atoms with Crippen molar-refractivity contribution < 1.29 is 9.59 Å². The average molecular weight is 582 g/mol. The van der Waals surface area contributed by atoms with E-state index in [1.807, 2.05) is 37.4 Å². The summed E-state index contributed by atoms with van der Waals surface area (Å²) in [6.45, 7) is 6.47. The Morgan fingerprint density at radius 2 is 1.49 bits per heavy atom. The number of rotatable bonds is 6. The molecular formula is C32H39N9O2. The highest BCUT2D eigenvalue weighted by molar-refractivity contribution is 6.14. The molecule has 0 unspecified atom stereocenters. The summed E-state index contributed by atoms with van der Waals surface area (Å²) in [5.41, 5.74) is 10.4. The first-order chi connectivity index (χ1) is 20.8. The molecular weight excluding hydrogens is 542 g/mol. The van der Waals surface area contributed by atoms with E-state index in [-0.39, 0.29) is 18.0 Å². The number of carbonyl (C=O) groups is 2. The molecule has 1 saturated carbocycles. The third-order valence-electron chi connectivity index (χ3n) is 8.67. The third-order valence-corrected chi connectivity index (χ3v) is 8.67. The normalized spacial score (nSPS) is 19.7. The molecule has 2 aromatic heterocycles. The SMILES string of the molecule is Cc1cccc(NC(=O)Nc2ccc(NC(=O)c3cn(C4CCC(N5CCN(C)CC5)CC4)c4ncnc(N)c34)cc2)c1. The number of aryl methyl sites for hydroxylation is 1. The molecule has 1 saturated heterocycles. The monoisotopic (exact) mass is 581 g/mol. The standard InChI is InChI=1S/C32H39N9O2/c1-21-4-3-5-24(18-21)38-32(43)37-23-8-6-22(7-9-23)36-31(42)27-19-41(30-28(27)29(33)34-20-35-30)26-12-10-25(11-13-26)40-16-14-39(2)15-17-40/h3-9,18-20,25-26H,10-17H2,1-2H3,(H,36,42)(H2,33,34,35)(H2,37,38,43). The van der Waals surface area contributed by atoms with Crippen LogP contribution in [0.3, 0.4) is 0 Å². The molecule has 0 spiro atoms. The third kappa shape index (κ3) is 6.47. The van der Waals surface area contributed by atoms with E-state index in [0.29, 0.717) is 45.5 Å². The van der Waals surface area contributed by atoms with Gasteiger partial charge in [0.2, 0.25) is 0 Å². The average Bonchev–Trinajstić information content (AvgIpc) is 3.40. The van der Waals surface area contributed by atoms with E-state index in [1.54, 1.807) is 24.3 Å². The lowest BCUT2D eigenvalue weighted by Gasteiger charge is -2.41. The highest BCUT2D eigenvalue weighted by atomic mass is 16.2. The molecule has 6 rings (SSSR count). The van der Waals surface area contributed by atoms with Crippen molar-refractivity contribution in [2.75, 3.05) is 54.9 Å². The van der Waals surface area contributed by atoms with Crippen LogP contribution in [-0.2, 0) is 0 Å². The van der Waals surface area contributed by atoms with Crippen molar-refractivity contribution >= 4 is 45.9 Å². The molecule has 1 aliphatic heterocycles. The number of nitrogens with zero attached hydrogens (tertiary/aromatic N) is 5. The second-order valence-corrected chi connectivity index (χ2v) is 11.7. The molecule has 0 bridgehead atoms. The smallest absolute Gasteiger partial charge is 0.323 e. The number of hydrogen-bond acceptors (Lipinski definition) is 7. The molecule has 3 heterocycles. The van der Waals surface area contributed by atoms with Crippen LogP contribution in [0.4, 0.5) is 27.7 Å². The highest BCUT2D eigenvalue weighted by Gasteiger charge is 2.30. The first-order valence-corrected chi connectivity index (χ1v) is 14.9. The van der Waals surface area contributed by atoms with Crippen molar-refractivity contribution in [1.82, 2.24) is 24.3 Å². The Kier molecular flexibility index (Phi) is 8.26. The Morgan fingerprint density at radius 1 is 0.837 bits per heavy atom. The minimum atomic E-state index is -0.344. The van der Waals surface area contributed by atoms with Gasteiger partial charge in [0.05, 0.1) is 10.9 Å². The van der Waals surface area contributed by atoms with Crippen molar-refractivity contribution in [3.8, 4) is 0 Å². The number of nitrogens with one attached hydrogen (secondary N) is 3. The molecule has 2 fully saturated rings. The minimum absolute atomic E-state index is 0.248. The second kappa shape index (κ2) is 12.4. The topological polar surface area (TPSA) is 133 Å². The molecule has 2 aromatic carbocycles. The number of anilines is 4. The van der Waals surface area contributed by atoms with Crippen molar-refractivity contribution in [3.63, 3.8) is 0 Å². The molecule has 3 amide bonds. The fraction of sp³-hybridized carbons (Fsp3) is 0.375. The number of likely N-dealkylation sites (N-methyl/N-ethyl adjacent to an activating group) is 1. The summed E-state index contributed by atoms with van der Waals surface area (Å²) in [7, 11) is 2.19. The summed E-state index contributed by atoms with van der Waals surface area (Å²) >= 11 is 0. The summed E-state index contributed by atoms with van der Waals surface area (Å²) in [4.78, 5) is 39.7. The number of hydrogen-bond donors (Lipinski definition) is 4. The zero-order valence-electron chi connectivity index (χ0n) is 24.7. The number of fused-ring (bicyclic) bond motifs is 1. The first kappa shape index (κ1) is 28.6. The maximum atomic E-state index is 13.5. The van der Waals surface area contributed by atoms with E-state index >= 15 is 0 Å². The Bertz CT molecular complexity index is 1600. The first-order valence-electron chi connectivity index (χ1n) is 14.9. The zero-order chi connectivity index (χ0) is 29.9. The Balaban J connectivity index is 1.12. The summed E-state index contributed by atoms with van der Waals surface area (Å²) in [6, 6.07) is 15.1. The number of nitrogens with two attached hydrogens (primary N) is 1. The number of amides is 3. The van der Waals surface area contributed by atoms with Gasteiger partial charge in [-0.25, -0.2) is 14.8 Å². The number of urea groups is 1. The van der Waals surface area contributed by atoms with Gasteiger partial charge in [0, 0.05) is 61.5 Å². The molecule has 1 aliphatic carbocycles. The molecule has 4 aromatic rings. The Hall–Kier alpha value is -4.48. The molecule has 224 valence electrons. The van der Waals surface area contributed by atoms with E-state index in [2.05, 4.69) is 47.3 Å². The van der Waals surface area contributed by atoms with Crippen LogP contribution in [0.1, 0.15) is 47.6 Å². The number of carbonyl (C=O) groups excluding carboxylic acids is 2. The zero-order valence-corrected chi connectivity index (χ0v) is 24.7. The molecule has 2 aliphatic rings. The summed E-state index contributed by atoms with van der Waals surface area (Å²) in [6.07, 6.45) is 7.65. The van der Waals surface area contributed by atoms with Crippen LogP contribution in [0.2, 0.25) is 0 Å². The van der Waals surface area contributed by atoms with E-state index in [9.17, 15) is 9.59 Å². The second-order valence-electron chi connectivity index (χ2n) is 11.7. The lowest BCUT2D eigenvalue weighted by Crippen LogP contribution is -2.49. The number of nitrogen functional groups attached to an aromatic ring is 1. The van der Waals surface area contributed by atoms with E-state index in [1.165, 1.54) is 6.33 Å². The lowest BCUT2D eigenvalue weighted by molar-refractivity contribution is 0.0827. The van der Waals surface area contributed by atoms with E-state index in [4.69, 9.17) is 5.73 Å². The summed E-state index contributed by atoms with van der Waals surface area (Å²) < 4.78 is 2.13. The fourth-order valence-corrected chi connectivity index (χ4v) is 6.30. The van der Waals surface area contributed by atoms with Gasteiger partial charge in [-0.15, -0.1) is 0 Å². The maximum Gasteiger partial charge on any atom is 0.323 e. The van der Waals surface area contributed by atoms with Gasteiger partial charge in [0.15, 0.2) is 0 Å². The summed E-state index contributed by atoms with van der Waals surface area (Å²) in [5, 5.41) is 9.18. The van der Waals surface area contributed by atoms with E-state index in [0.717, 1.165) is 57.4 Å². The predicted molar refractivity (Wildman–Crippen MR) is 171 cm³/mol. The van der Waals surface area contributed by atoms with Gasteiger partial charge in [-0.3, -0.25) is 9.69 Å². The number of aromatic nitrogens is 3. The largest absolute Gasteiger partial charge is 0.383 e. The van der Waals surface area contributed by atoms with Crippen molar-refractivity contribution in [2.24, 2.45) is 0 Å². The van der Waals surface area contributed by atoms with Crippen LogP contribution in [0, 0.1) is 6.92 Å². The molecule has 0 atom stereocenters. The Labute approximate surface area is 251 Å². The molecule has 43 heavy (non-hydrogen) atoms. The van der Waals surface area contributed by atoms with Gasteiger partial charge in [-0.1, -0.05) is 12.1 Å². The van der Waals surface area contributed by atoms with Gasteiger partial charge < -0.3 is 31.2 Å². The van der Waals surface area contributed by atoms with Crippen LogP contribution >= 0.6 is 0 Å². The molecule has 11 heteroatoms. The number of piperazine rings is 1. The van der Waals surface area contributed by atoms with Crippen LogP contribution in [0.25, 0.3) is 11.0 Å². The van der Waals surface area contributed by atoms with Gasteiger partial charge in [-0.05, 0) is 81.6 Å². The molecule has 5 N–H and O–H groups in total. The minimum Gasteiger partial charge on any atom is -0.383 e. The van der Waals surface area contributed by atoms with E-state index < -0.39 is 0 Å². The molecule has 0 radical (unpaired) electrons. The fourth-order valence-electron chi connectivity index (χ4n) is 6.30. The lowest BCUT2D eigenvalue weighted by atomic mass is 9.89. The highest BCUT2D eigenvalue weighted by Crippen LogP contribution is 2.36. The maximum absolute atomic E-state index is 13.5.